The Morgan fingerprint density at radius 1 is 1.50 bits per heavy atom. The first-order valence-corrected chi connectivity index (χ1v) is 5.82. The van der Waals surface area contributed by atoms with Crippen molar-refractivity contribution in [3.05, 3.63) is 10.2 Å². The highest BCUT2D eigenvalue weighted by molar-refractivity contribution is 9.10. The molecule has 1 amide bonds. The lowest BCUT2D eigenvalue weighted by Crippen LogP contribution is -2.27. The fraction of sp³-hybridized carbons (Fsp3) is 0.556. The molecule has 0 atom stereocenters. The molecule has 0 fully saturated rings. The largest absolute Gasteiger partial charge is 0.315 e. The molecule has 0 spiro atoms. The molecule has 0 aliphatic heterocycles. The number of hydrogen-bond acceptors (Lipinski definition) is 3. The zero-order valence-corrected chi connectivity index (χ0v) is 11.0. The summed E-state index contributed by atoms with van der Waals surface area (Å²) in [6.45, 7) is 7.53. The number of aromatic nitrogens is 1. The second-order valence-corrected chi connectivity index (χ2v) is 5.68. The lowest BCUT2D eigenvalue weighted by atomic mass is 9.96. The fourth-order valence-electron chi connectivity index (χ4n) is 0.727. The van der Waals surface area contributed by atoms with Crippen LogP contribution in [0.3, 0.4) is 0 Å². The van der Waals surface area contributed by atoms with Crippen molar-refractivity contribution in [2.24, 2.45) is 5.41 Å². The Balaban J connectivity index is 2.80. The Kier molecular flexibility index (Phi) is 3.32. The standard InChI is InChI=1S/C9H13BrN2OS/c1-5-6(10)7(14-12-5)11-8(13)9(2,3)4/h1-4H3,(H,11,13). The van der Waals surface area contributed by atoms with Crippen molar-refractivity contribution in [3.8, 4) is 0 Å². The first kappa shape index (κ1) is 11.7. The van der Waals surface area contributed by atoms with Gasteiger partial charge in [-0.1, -0.05) is 20.8 Å². The Hall–Kier alpha value is -0.420. The predicted octanol–water partition coefficient (Wildman–Crippen LogP) is 3.20. The summed E-state index contributed by atoms with van der Waals surface area (Å²) in [4.78, 5) is 11.6. The molecule has 0 aliphatic rings. The molecule has 1 aromatic heterocycles. The third-order valence-electron chi connectivity index (χ3n) is 1.70. The van der Waals surface area contributed by atoms with Gasteiger partial charge in [-0.05, 0) is 34.4 Å². The normalized spacial score (nSPS) is 11.5. The van der Waals surface area contributed by atoms with Crippen molar-refractivity contribution in [2.45, 2.75) is 27.7 Å². The summed E-state index contributed by atoms with van der Waals surface area (Å²) in [6.07, 6.45) is 0. The summed E-state index contributed by atoms with van der Waals surface area (Å²) >= 11 is 4.67. The maximum atomic E-state index is 11.6. The Morgan fingerprint density at radius 2 is 2.07 bits per heavy atom. The molecule has 1 N–H and O–H groups in total. The van der Waals surface area contributed by atoms with E-state index < -0.39 is 0 Å². The number of halogens is 1. The number of carbonyl (C=O) groups excluding carboxylic acids is 1. The molecule has 1 rings (SSSR count). The Morgan fingerprint density at radius 3 is 2.43 bits per heavy atom. The average Bonchev–Trinajstić information content (AvgIpc) is 2.34. The SMILES string of the molecule is Cc1nsc(NC(=O)C(C)(C)C)c1Br. The smallest absolute Gasteiger partial charge is 0.230 e. The maximum Gasteiger partial charge on any atom is 0.230 e. The van der Waals surface area contributed by atoms with E-state index in [1.54, 1.807) is 0 Å². The summed E-state index contributed by atoms with van der Waals surface area (Å²) in [5.74, 6) is 0.00171. The summed E-state index contributed by atoms with van der Waals surface area (Å²) in [5.41, 5.74) is 0.524. The first-order valence-electron chi connectivity index (χ1n) is 4.25. The van der Waals surface area contributed by atoms with Gasteiger partial charge in [0, 0.05) is 5.41 Å². The van der Waals surface area contributed by atoms with Gasteiger partial charge in [-0.25, -0.2) is 0 Å². The monoisotopic (exact) mass is 276 g/mol. The van der Waals surface area contributed by atoms with E-state index in [2.05, 4.69) is 25.6 Å². The number of nitrogens with one attached hydrogen (secondary N) is 1. The molecular formula is C9H13BrN2OS. The number of aryl methyl sites for hydroxylation is 1. The van der Waals surface area contributed by atoms with E-state index in [1.807, 2.05) is 27.7 Å². The molecular weight excluding hydrogens is 264 g/mol. The van der Waals surface area contributed by atoms with E-state index in [9.17, 15) is 4.79 Å². The van der Waals surface area contributed by atoms with Gasteiger partial charge in [0.15, 0.2) is 0 Å². The maximum absolute atomic E-state index is 11.6. The van der Waals surface area contributed by atoms with Gasteiger partial charge in [0.1, 0.15) is 5.00 Å². The van der Waals surface area contributed by atoms with Gasteiger partial charge in [0.2, 0.25) is 5.91 Å². The lowest BCUT2D eigenvalue weighted by molar-refractivity contribution is -0.123. The topological polar surface area (TPSA) is 42.0 Å². The van der Waals surface area contributed by atoms with Crippen molar-refractivity contribution in [2.75, 3.05) is 5.32 Å². The molecule has 0 radical (unpaired) electrons. The first-order chi connectivity index (χ1) is 6.32. The Bertz CT molecular complexity index is 354. The van der Waals surface area contributed by atoms with E-state index in [0.29, 0.717) is 0 Å². The number of amides is 1. The molecule has 1 aromatic rings. The quantitative estimate of drug-likeness (QED) is 0.856. The molecule has 3 nitrogen and oxygen atoms in total. The highest BCUT2D eigenvalue weighted by Gasteiger charge is 2.22. The number of hydrogen-bond donors (Lipinski definition) is 1. The fourth-order valence-corrected chi connectivity index (χ4v) is 1.93. The number of rotatable bonds is 1. The molecule has 1 heterocycles. The van der Waals surface area contributed by atoms with Crippen LogP contribution in [-0.2, 0) is 4.79 Å². The highest BCUT2D eigenvalue weighted by atomic mass is 79.9. The number of nitrogens with zero attached hydrogens (tertiary/aromatic N) is 1. The molecule has 0 saturated heterocycles. The van der Waals surface area contributed by atoms with E-state index in [0.717, 1.165) is 15.2 Å². The van der Waals surface area contributed by atoms with Gasteiger partial charge in [0.25, 0.3) is 0 Å². The second-order valence-electron chi connectivity index (χ2n) is 4.12. The molecule has 0 aliphatic carbocycles. The van der Waals surface area contributed by atoms with Crippen LogP contribution in [0.4, 0.5) is 5.00 Å². The van der Waals surface area contributed by atoms with E-state index in [-0.39, 0.29) is 11.3 Å². The average molecular weight is 277 g/mol. The minimum absolute atomic E-state index is 0.00171. The summed E-state index contributed by atoms with van der Waals surface area (Å²) in [6, 6.07) is 0. The van der Waals surface area contributed by atoms with Crippen LogP contribution in [0.15, 0.2) is 4.47 Å². The van der Waals surface area contributed by atoms with E-state index in [1.165, 1.54) is 11.5 Å². The van der Waals surface area contributed by atoms with Crippen LogP contribution in [0.5, 0.6) is 0 Å². The summed E-state index contributed by atoms with van der Waals surface area (Å²) in [7, 11) is 0. The third-order valence-corrected chi connectivity index (χ3v) is 3.79. The van der Waals surface area contributed by atoms with Gasteiger partial charge in [-0.3, -0.25) is 4.79 Å². The van der Waals surface area contributed by atoms with Crippen molar-refractivity contribution < 1.29 is 4.79 Å². The van der Waals surface area contributed by atoms with Gasteiger partial charge >= 0.3 is 0 Å². The van der Waals surface area contributed by atoms with Crippen LogP contribution < -0.4 is 5.32 Å². The van der Waals surface area contributed by atoms with Crippen LogP contribution in [0, 0.1) is 12.3 Å². The molecule has 0 saturated carbocycles. The van der Waals surface area contributed by atoms with Crippen molar-refractivity contribution in [3.63, 3.8) is 0 Å². The van der Waals surface area contributed by atoms with Crippen molar-refractivity contribution in [1.82, 2.24) is 4.37 Å². The van der Waals surface area contributed by atoms with Crippen molar-refractivity contribution in [1.29, 1.82) is 0 Å². The molecule has 78 valence electrons. The zero-order valence-electron chi connectivity index (χ0n) is 8.64. The lowest BCUT2D eigenvalue weighted by Gasteiger charge is -2.16. The van der Waals surface area contributed by atoms with Crippen LogP contribution in [0.25, 0.3) is 0 Å². The minimum Gasteiger partial charge on any atom is -0.315 e. The van der Waals surface area contributed by atoms with Gasteiger partial charge in [-0.15, -0.1) is 0 Å². The third kappa shape index (κ3) is 2.54. The second kappa shape index (κ2) is 3.98. The predicted molar refractivity (Wildman–Crippen MR) is 62.6 cm³/mol. The van der Waals surface area contributed by atoms with E-state index >= 15 is 0 Å². The van der Waals surface area contributed by atoms with Crippen LogP contribution in [-0.4, -0.2) is 10.3 Å². The van der Waals surface area contributed by atoms with E-state index in [4.69, 9.17) is 0 Å². The van der Waals surface area contributed by atoms with Crippen LogP contribution >= 0.6 is 27.5 Å². The van der Waals surface area contributed by atoms with Gasteiger partial charge in [-0.2, -0.15) is 4.37 Å². The van der Waals surface area contributed by atoms with Gasteiger partial charge < -0.3 is 5.32 Å². The number of carbonyl (C=O) groups is 1. The highest BCUT2D eigenvalue weighted by Crippen LogP contribution is 2.31. The zero-order chi connectivity index (χ0) is 10.9. The molecule has 0 bridgehead atoms. The Labute approximate surface area is 96.2 Å². The molecule has 5 heteroatoms. The van der Waals surface area contributed by atoms with Crippen LogP contribution in [0.1, 0.15) is 26.5 Å². The molecule has 0 unspecified atom stereocenters. The molecule has 0 aromatic carbocycles. The summed E-state index contributed by atoms with van der Waals surface area (Å²) < 4.78 is 5.01. The van der Waals surface area contributed by atoms with Gasteiger partial charge in [0.05, 0.1) is 10.2 Å². The number of anilines is 1. The summed E-state index contributed by atoms with van der Waals surface area (Å²) in [5, 5.41) is 3.62. The van der Waals surface area contributed by atoms with Crippen molar-refractivity contribution >= 4 is 38.4 Å². The van der Waals surface area contributed by atoms with Crippen LogP contribution in [0.2, 0.25) is 0 Å². The molecule has 14 heavy (non-hydrogen) atoms. The minimum atomic E-state index is -0.378.